The van der Waals surface area contributed by atoms with Crippen LogP contribution in [0.5, 0.6) is 0 Å². The molecule has 0 bridgehead atoms. The number of benzene rings is 1. The van der Waals surface area contributed by atoms with Gasteiger partial charge in [0.05, 0.1) is 39.5 Å². The van der Waals surface area contributed by atoms with Gasteiger partial charge >= 0.3 is 12.1 Å². The third kappa shape index (κ3) is 3.65. The van der Waals surface area contributed by atoms with Crippen LogP contribution in [0.3, 0.4) is 0 Å². The molecule has 0 saturated heterocycles. The topological polar surface area (TPSA) is 131 Å². The molecule has 0 spiro atoms. The van der Waals surface area contributed by atoms with Crippen LogP contribution in [-0.4, -0.2) is 43.9 Å². The van der Waals surface area contributed by atoms with E-state index in [4.69, 9.17) is 4.74 Å². The Morgan fingerprint density at radius 1 is 1.30 bits per heavy atom. The summed E-state index contributed by atoms with van der Waals surface area (Å²) in [7, 11) is 0. The van der Waals surface area contributed by atoms with Gasteiger partial charge in [0.15, 0.2) is 5.60 Å². The number of carbonyl (C=O) groups excluding carboxylic acids is 2. The van der Waals surface area contributed by atoms with Crippen LogP contribution in [-0.2, 0) is 39.5 Å². The molecule has 1 unspecified atom stereocenters. The van der Waals surface area contributed by atoms with Gasteiger partial charge in [-0.3, -0.25) is 9.59 Å². The highest BCUT2D eigenvalue weighted by Gasteiger charge is 2.47. The fourth-order valence-electron chi connectivity index (χ4n) is 5.90. The van der Waals surface area contributed by atoms with Gasteiger partial charge in [-0.05, 0) is 52.4 Å². The minimum atomic E-state index is -5.18. The second-order valence-electron chi connectivity index (χ2n) is 10.0. The van der Waals surface area contributed by atoms with Crippen molar-refractivity contribution in [1.29, 1.82) is 0 Å². The molecule has 3 atom stereocenters. The molecule has 2 aromatic heterocycles. The van der Waals surface area contributed by atoms with Gasteiger partial charge in [-0.15, -0.1) is 0 Å². The highest BCUT2D eigenvalue weighted by atomic mass is 79.9. The Labute approximate surface area is 230 Å². The van der Waals surface area contributed by atoms with E-state index in [-0.39, 0.29) is 64.9 Å². The zero-order valence-corrected chi connectivity index (χ0v) is 22.2. The fraction of sp³-hybridized carbons (Fsp3) is 0.385. The maximum absolute atomic E-state index is 14.9. The van der Waals surface area contributed by atoms with Gasteiger partial charge in [0.2, 0.25) is 6.10 Å². The van der Waals surface area contributed by atoms with Crippen molar-refractivity contribution in [2.24, 2.45) is 0 Å². The lowest BCUT2D eigenvalue weighted by atomic mass is 9.83. The summed E-state index contributed by atoms with van der Waals surface area (Å²) in [6.07, 6.45) is -8.26. The van der Waals surface area contributed by atoms with Crippen LogP contribution in [0.15, 0.2) is 21.4 Å². The van der Waals surface area contributed by atoms with Crippen LogP contribution in [0.4, 0.5) is 17.6 Å². The van der Waals surface area contributed by atoms with Crippen molar-refractivity contribution in [3.05, 3.63) is 60.6 Å². The summed E-state index contributed by atoms with van der Waals surface area (Å²) >= 11 is 3.23. The number of fused-ring (bicyclic) bond motifs is 5. The number of aromatic nitrogens is 2. The molecule has 3 N–H and O–H groups in total. The van der Waals surface area contributed by atoms with Crippen LogP contribution < -0.4 is 10.9 Å². The van der Waals surface area contributed by atoms with Gasteiger partial charge in [0, 0.05) is 22.6 Å². The van der Waals surface area contributed by atoms with Crippen molar-refractivity contribution < 1.29 is 42.1 Å². The van der Waals surface area contributed by atoms with E-state index in [1.807, 2.05) is 0 Å². The standard InChI is InChI=1S/C26H20BrF4N3O6/c1-2-25(39)12-5-16-20-10(7-34(16)23(37)11(12)8-40-24(25)38)18-14(33-22(36)21(35)26(29,30)31)4-3-9-17(18)15(32-20)6-13(28)19(9)27/h5-6,14,21,35,39H,2-4,7-8H2,1H3,(H,33,36)/t14-,21?,25-/m0/s1. The number of ether oxygens (including phenoxy) is 1. The molecule has 0 saturated carbocycles. The van der Waals surface area contributed by atoms with E-state index in [1.165, 1.54) is 10.6 Å². The number of halogens is 5. The van der Waals surface area contributed by atoms with Crippen LogP contribution >= 0.6 is 15.9 Å². The molecule has 9 nitrogen and oxygen atoms in total. The normalized spacial score (nSPS) is 21.9. The van der Waals surface area contributed by atoms with E-state index < -0.39 is 47.2 Å². The Kier molecular flexibility index (Phi) is 5.92. The maximum Gasteiger partial charge on any atom is 0.423 e. The van der Waals surface area contributed by atoms with Gasteiger partial charge in [-0.2, -0.15) is 13.2 Å². The van der Waals surface area contributed by atoms with Crippen LogP contribution in [0, 0.1) is 5.82 Å². The maximum atomic E-state index is 14.9. The first-order chi connectivity index (χ1) is 18.8. The summed E-state index contributed by atoms with van der Waals surface area (Å²) in [5.41, 5.74) is -0.679. The first-order valence-corrected chi connectivity index (χ1v) is 13.1. The van der Waals surface area contributed by atoms with Crippen molar-refractivity contribution >= 4 is 38.7 Å². The zero-order valence-electron chi connectivity index (χ0n) is 20.7. The molecule has 3 aromatic rings. The van der Waals surface area contributed by atoms with Crippen molar-refractivity contribution in [3.8, 4) is 11.4 Å². The summed E-state index contributed by atoms with van der Waals surface area (Å²) in [6, 6.07) is 1.57. The molecule has 210 valence electrons. The number of alkyl halides is 3. The molecule has 4 heterocycles. The summed E-state index contributed by atoms with van der Waals surface area (Å²) in [5.74, 6) is -3.18. The Morgan fingerprint density at radius 2 is 2.02 bits per heavy atom. The molecule has 3 aliphatic rings. The average Bonchev–Trinajstić information content (AvgIpc) is 3.27. The van der Waals surface area contributed by atoms with Crippen molar-refractivity contribution in [2.75, 3.05) is 0 Å². The number of cyclic esters (lactones) is 1. The Balaban J connectivity index is 1.60. The molecule has 1 aliphatic carbocycles. The monoisotopic (exact) mass is 625 g/mol. The molecule has 14 heteroatoms. The number of esters is 1. The minimum absolute atomic E-state index is 0.0618. The predicted molar refractivity (Wildman–Crippen MR) is 133 cm³/mol. The molecular formula is C26H20BrF4N3O6. The predicted octanol–water partition coefficient (Wildman–Crippen LogP) is 3.01. The summed E-state index contributed by atoms with van der Waals surface area (Å²) in [4.78, 5) is 43.0. The lowest BCUT2D eigenvalue weighted by molar-refractivity contribution is -0.205. The number of carbonyl (C=O) groups is 2. The van der Waals surface area contributed by atoms with Crippen molar-refractivity contribution in [3.63, 3.8) is 0 Å². The third-order valence-corrected chi connectivity index (χ3v) is 8.77. The third-order valence-electron chi connectivity index (χ3n) is 7.92. The van der Waals surface area contributed by atoms with Crippen molar-refractivity contribution in [2.45, 2.75) is 63.3 Å². The lowest BCUT2D eigenvalue weighted by Gasteiger charge is -2.31. The number of nitrogens with one attached hydrogen (secondary N) is 1. The quantitative estimate of drug-likeness (QED) is 0.236. The minimum Gasteiger partial charge on any atom is -0.458 e. The van der Waals surface area contributed by atoms with Crippen LogP contribution in [0.25, 0.3) is 22.3 Å². The molecule has 0 radical (unpaired) electrons. The number of hydrogen-bond donors (Lipinski definition) is 3. The van der Waals surface area contributed by atoms with Gasteiger partial charge in [-0.25, -0.2) is 14.2 Å². The average molecular weight is 626 g/mol. The number of hydrogen-bond acceptors (Lipinski definition) is 7. The Bertz CT molecular complexity index is 1720. The van der Waals surface area contributed by atoms with Crippen molar-refractivity contribution in [1.82, 2.24) is 14.9 Å². The van der Waals surface area contributed by atoms with E-state index in [0.717, 1.165) is 6.07 Å². The van der Waals surface area contributed by atoms with E-state index in [9.17, 15) is 42.2 Å². The number of aliphatic hydroxyl groups excluding tert-OH is 1. The van der Waals surface area contributed by atoms with Crippen LogP contribution in [0.2, 0.25) is 0 Å². The number of pyridine rings is 2. The van der Waals surface area contributed by atoms with Gasteiger partial charge in [0.1, 0.15) is 12.4 Å². The number of rotatable bonds is 3. The zero-order chi connectivity index (χ0) is 28.9. The summed E-state index contributed by atoms with van der Waals surface area (Å²) in [6.45, 7) is 1.11. The second kappa shape index (κ2) is 8.82. The van der Waals surface area contributed by atoms with Gasteiger partial charge < -0.3 is 24.8 Å². The first-order valence-electron chi connectivity index (χ1n) is 12.3. The van der Waals surface area contributed by atoms with E-state index in [2.05, 4.69) is 26.2 Å². The van der Waals surface area contributed by atoms with E-state index in [0.29, 0.717) is 22.1 Å². The van der Waals surface area contributed by atoms with E-state index in [1.54, 1.807) is 6.92 Å². The molecule has 1 amide bonds. The second-order valence-corrected chi connectivity index (χ2v) is 10.8. The summed E-state index contributed by atoms with van der Waals surface area (Å²) in [5, 5.41) is 23.3. The number of aliphatic hydroxyl groups is 2. The highest BCUT2D eigenvalue weighted by Crippen LogP contribution is 2.47. The SMILES string of the molecule is CC[C@@]1(O)C(=O)OCc2c1cc1n(c2=O)Cc2c-1nc1cc(F)c(Br)c3c1c2[C@@H](NC(=O)C(O)C(F)(F)F)CC3. The fourth-order valence-corrected chi connectivity index (χ4v) is 6.41. The van der Waals surface area contributed by atoms with E-state index >= 15 is 0 Å². The number of nitrogens with zero attached hydrogens (tertiary/aromatic N) is 2. The van der Waals surface area contributed by atoms with Gasteiger partial charge in [-0.1, -0.05) is 6.92 Å². The van der Waals surface area contributed by atoms with Crippen LogP contribution in [0.1, 0.15) is 53.6 Å². The number of amides is 1. The Morgan fingerprint density at radius 3 is 2.70 bits per heavy atom. The highest BCUT2D eigenvalue weighted by molar-refractivity contribution is 9.10. The lowest BCUT2D eigenvalue weighted by Crippen LogP contribution is -2.45. The molecule has 0 fully saturated rings. The molecule has 40 heavy (non-hydrogen) atoms. The largest absolute Gasteiger partial charge is 0.458 e. The Hall–Kier alpha value is -3.36. The smallest absolute Gasteiger partial charge is 0.423 e. The molecule has 1 aromatic carbocycles. The first kappa shape index (κ1) is 26.8. The summed E-state index contributed by atoms with van der Waals surface area (Å²) < 4.78 is 60.6. The molecule has 2 aliphatic heterocycles. The molecular weight excluding hydrogens is 606 g/mol. The molecule has 6 rings (SSSR count). The van der Waals surface area contributed by atoms with Gasteiger partial charge in [0.25, 0.3) is 11.5 Å². The number of aryl methyl sites for hydroxylation is 1.